The molecule has 122 valence electrons. The smallest absolute Gasteiger partial charge is 0.258 e. The van der Waals surface area contributed by atoms with Crippen LogP contribution in [0.25, 0.3) is 0 Å². The molecule has 0 aliphatic heterocycles. The normalized spacial score (nSPS) is 11.3. The van der Waals surface area contributed by atoms with Crippen LogP contribution < -0.4 is 5.32 Å². The second-order valence-electron chi connectivity index (χ2n) is 4.60. The number of carbonyl (C=O) groups excluding carboxylic acids is 1. The van der Waals surface area contributed by atoms with Crippen LogP contribution in [0, 0.1) is 17.5 Å². The maximum atomic E-state index is 13.5. The van der Waals surface area contributed by atoms with Crippen molar-refractivity contribution in [1.82, 2.24) is 0 Å². The molecule has 0 fully saturated rings. The average Bonchev–Trinajstić information content (AvgIpc) is 2.53. The van der Waals surface area contributed by atoms with Crippen LogP contribution in [0.3, 0.4) is 0 Å². The summed E-state index contributed by atoms with van der Waals surface area (Å²) in [4.78, 5) is 12.0. The van der Waals surface area contributed by atoms with Crippen LogP contribution in [0.15, 0.2) is 41.3 Å². The van der Waals surface area contributed by atoms with Gasteiger partial charge in [-0.2, -0.15) is 0 Å². The first-order valence-corrected chi connectivity index (χ1v) is 8.19. The predicted molar refractivity (Wildman–Crippen MR) is 78.4 cm³/mol. The van der Waals surface area contributed by atoms with Gasteiger partial charge in [0.25, 0.3) is 5.91 Å². The number of carbonyl (C=O) groups is 1. The molecule has 0 radical (unpaired) electrons. The molecule has 0 unspecified atom stereocenters. The first-order valence-electron chi connectivity index (χ1n) is 6.54. The van der Waals surface area contributed by atoms with Crippen LogP contribution in [0.5, 0.6) is 0 Å². The van der Waals surface area contributed by atoms with Gasteiger partial charge in [-0.3, -0.25) is 4.79 Å². The molecule has 0 spiro atoms. The average molecular weight is 343 g/mol. The van der Waals surface area contributed by atoms with Gasteiger partial charge in [0.15, 0.2) is 27.3 Å². The molecule has 0 saturated carbocycles. The van der Waals surface area contributed by atoms with E-state index in [1.165, 1.54) is 31.2 Å². The molecule has 0 saturated heterocycles. The summed E-state index contributed by atoms with van der Waals surface area (Å²) in [7, 11) is -3.38. The van der Waals surface area contributed by atoms with E-state index in [-0.39, 0.29) is 16.3 Å². The second-order valence-corrected chi connectivity index (χ2v) is 6.88. The number of halogens is 3. The Kier molecular flexibility index (Phi) is 4.74. The van der Waals surface area contributed by atoms with Crippen LogP contribution in [0.1, 0.15) is 17.3 Å². The summed E-state index contributed by atoms with van der Waals surface area (Å²) in [5.74, 6) is -5.77. The monoisotopic (exact) mass is 343 g/mol. The van der Waals surface area contributed by atoms with Gasteiger partial charge in [-0.1, -0.05) is 6.92 Å². The molecule has 2 aromatic rings. The molecule has 2 rings (SSSR count). The Bertz CT molecular complexity index is 849. The van der Waals surface area contributed by atoms with E-state index < -0.39 is 38.8 Å². The van der Waals surface area contributed by atoms with Crippen molar-refractivity contribution < 1.29 is 26.4 Å². The zero-order chi connectivity index (χ0) is 17.2. The Morgan fingerprint density at radius 2 is 1.61 bits per heavy atom. The van der Waals surface area contributed by atoms with Gasteiger partial charge in [-0.05, 0) is 36.4 Å². The summed E-state index contributed by atoms with van der Waals surface area (Å²) >= 11 is 0. The fraction of sp³-hybridized carbons (Fsp3) is 0.133. The molecule has 23 heavy (non-hydrogen) atoms. The Morgan fingerprint density at radius 1 is 1.00 bits per heavy atom. The van der Waals surface area contributed by atoms with Crippen molar-refractivity contribution in [2.24, 2.45) is 0 Å². The molecule has 0 aliphatic rings. The number of hydrogen-bond donors (Lipinski definition) is 1. The molecule has 0 aromatic heterocycles. The van der Waals surface area contributed by atoms with Crippen LogP contribution in [0.2, 0.25) is 0 Å². The summed E-state index contributed by atoms with van der Waals surface area (Å²) in [6, 6.07) is 6.67. The van der Waals surface area contributed by atoms with E-state index in [9.17, 15) is 26.4 Å². The van der Waals surface area contributed by atoms with Crippen molar-refractivity contribution in [3.05, 3.63) is 59.4 Å². The lowest BCUT2D eigenvalue weighted by Gasteiger charge is -2.08. The van der Waals surface area contributed by atoms with E-state index in [0.717, 1.165) is 6.07 Å². The van der Waals surface area contributed by atoms with Gasteiger partial charge >= 0.3 is 0 Å². The summed E-state index contributed by atoms with van der Waals surface area (Å²) in [6.45, 7) is 1.50. The van der Waals surface area contributed by atoms with E-state index in [0.29, 0.717) is 6.07 Å². The van der Waals surface area contributed by atoms with E-state index in [1.54, 1.807) is 0 Å². The molecular formula is C15H12F3NO3S. The molecule has 8 heteroatoms. The summed E-state index contributed by atoms with van der Waals surface area (Å²) in [6.07, 6.45) is 0. The van der Waals surface area contributed by atoms with Gasteiger partial charge in [0, 0.05) is 5.69 Å². The Labute approximate surface area is 130 Å². The van der Waals surface area contributed by atoms with Crippen molar-refractivity contribution in [3.8, 4) is 0 Å². The van der Waals surface area contributed by atoms with Crippen molar-refractivity contribution >= 4 is 21.4 Å². The molecular weight excluding hydrogens is 331 g/mol. The van der Waals surface area contributed by atoms with E-state index >= 15 is 0 Å². The van der Waals surface area contributed by atoms with Crippen molar-refractivity contribution in [3.63, 3.8) is 0 Å². The van der Waals surface area contributed by atoms with Crippen molar-refractivity contribution in [2.45, 2.75) is 11.8 Å². The Balaban J connectivity index is 2.23. The Hall–Kier alpha value is -2.35. The van der Waals surface area contributed by atoms with E-state index in [2.05, 4.69) is 5.32 Å². The highest BCUT2D eigenvalue weighted by Crippen LogP contribution is 2.19. The minimum Gasteiger partial charge on any atom is -0.322 e. The van der Waals surface area contributed by atoms with E-state index in [4.69, 9.17) is 0 Å². The van der Waals surface area contributed by atoms with Crippen LogP contribution >= 0.6 is 0 Å². The van der Waals surface area contributed by atoms with Crippen LogP contribution in [0.4, 0.5) is 18.9 Å². The second kappa shape index (κ2) is 6.41. The lowest BCUT2D eigenvalue weighted by Crippen LogP contribution is -2.15. The van der Waals surface area contributed by atoms with E-state index in [1.807, 2.05) is 0 Å². The zero-order valence-corrected chi connectivity index (χ0v) is 12.8. The largest absolute Gasteiger partial charge is 0.322 e. The van der Waals surface area contributed by atoms with Gasteiger partial charge in [0.05, 0.1) is 16.2 Å². The Morgan fingerprint density at radius 3 is 2.17 bits per heavy atom. The standard InChI is InChI=1S/C15H12F3NO3S/c1-2-23(21,22)10-5-3-9(4-6-10)19-15(20)11-7-8-12(16)14(18)13(11)17/h3-8H,2H2,1H3,(H,19,20). The maximum Gasteiger partial charge on any atom is 0.258 e. The highest BCUT2D eigenvalue weighted by molar-refractivity contribution is 7.91. The van der Waals surface area contributed by atoms with Gasteiger partial charge < -0.3 is 5.32 Å². The molecule has 0 heterocycles. The summed E-state index contributed by atoms with van der Waals surface area (Å²) < 4.78 is 62.8. The SMILES string of the molecule is CCS(=O)(=O)c1ccc(NC(=O)c2ccc(F)c(F)c2F)cc1. The number of amides is 1. The zero-order valence-electron chi connectivity index (χ0n) is 11.9. The number of anilines is 1. The minimum atomic E-state index is -3.38. The van der Waals surface area contributed by atoms with Gasteiger partial charge in [-0.15, -0.1) is 0 Å². The highest BCUT2D eigenvalue weighted by Gasteiger charge is 2.19. The first-order chi connectivity index (χ1) is 10.8. The topological polar surface area (TPSA) is 63.2 Å². The number of sulfone groups is 1. The van der Waals surface area contributed by atoms with Crippen molar-refractivity contribution in [2.75, 3.05) is 11.1 Å². The first kappa shape index (κ1) is 17.0. The molecule has 1 N–H and O–H groups in total. The molecule has 0 bridgehead atoms. The third-order valence-corrected chi connectivity index (χ3v) is 4.88. The minimum absolute atomic E-state index is 0.0707. The molecule has 1 amide bonds. The van der Waals surface area contributed by atoms with Crippen molar-refractivity contribution in [1.29, 1.82) is 0 Å². The molecule has 2 aromatic carbocycles. The summed E-state index contributed by atoms with van der Waals surface area (Å²) in [5, 5.41) is 2.28. The number of benzene rings is 2. The molecule has 4 nitrogen and oxygen atoms in total. The number of rotatable bonds is 4. The summed E-state index contributed by atoms with van der Waals surface area (Å²) in [5.41, 5.74) is -0.469. The quantitative estimate of drug-likeness (QED) is 0.868. The fourth-order valence-electron chi connectivity index (χ4n) is 1.81. The third-order valence-electron chi connectivity index (χ3n) is 3.13. The number of nitrogens with one attached hydrogen (secondary N) is 1. The fourth-order valence-corrected chi connectivity index (χ4v) is 2.70. The van der Waals surface area contributed by atoms with Gasteiger partial charge in [0.2, 0.25) is 0 Å². The maximum absolute atomic E-state index is 13.5. The lowest BCUT2D eigenvalue weighted by molar-refractivity contribution is 0.102. The highest BCUT2D eigenvalue weighted by atomic mass is 32.2. The van der Waals surface area contributed by atoms with Crippen LogP contribution in [-0.4, -0.2) is 20.1 Å². The van der Waals surface area contributed by atoms with Crippen LogP contribution in [-0.2, 0) is 9.84 Å². The van der Waals surface area contributed by atoms with Gasteiger partial charge in [0.1, 0.15) is 0 Å². The number of hydrogen-bond acceptors (Lipinski definition) is 3. The molecule has 0 atom stereocenters. The lowest BCUT2D eigenvalue weighted by atomic mass is 10.1. The molecule has 0 aliphatic carbocycles. The predicted octanol–water partition coefficient (Wildman–Crippen LogP) is 3.15. The van der Waals surface area contributed by atoms with Gasteiger partial charge in [-0.25, -0.2) is 21.6 Å². The third kappa shape index (κ3) is 3.53.